The summed E-state index contributed by atoms with van der Waals surface area (Å²) in [6.45, 7) is 0. The van der Waals surface area contributed by atoms with Crippen molar-refractivity contribution in [3.8, 4) is 0 Å². The predicted molar refractivity (Wildman–Crippen MR) is 70.7 cm³/mol. The average molecular weight is 275 g/mol. The second-order valence-electron chi connectivity index (χ2n) is 4.35. The van der Waals surface area contributed by atoms with Crippen LogP contribution in [0.5, 0.6) is 0 Å². The molecule has 1 aromatic carbocycles. The molecule has 0 amide bonds. The number of rotatable bonds is 5. The van der Waals surface area contributed by atoms with Gasteiger partial charge in [-0.05, 0) is 29.8 Å². The van der Waals surface area contributed by atoms with E-state index in [0.717, 1.165) is 11.3 Å². The van der Waals surface area contributed by atoms with Crippen molar-refractivity contribution in [1.29, 1.82) is 0 Å². The Balaban J connectivity index is 2.28. The minimum absolute atomic E-state index is 0.0289. The summed E-state index contributed by atoms with van der Waals surface area (Å²) in [6, 6.07) is 9.48. The number of esters is 1. The van der Waals surface area contributed by atoms with E-state index in [1.54, 1.807) is 24.4 Å². The second-order valence-corrected chi connectivity index (χ2v) is 4.35. The summed E-state index contributed by atoms with van der Waals surface area (Å²) in [6.07, 6.45) is 1.70. The third-order valence-corrected chi connectivity index (χ3v) is 3.07. The SMILES string of the molecule is COC(=O)C(=O)C[C@@H](c1ccc(F)cc1)c1ccc[nH]1. The molecule has 1 N–H and O–H groups in total. The Kier molecular flexibility index (Phi) is 4.30. The van der Waals surface area contributed by atoms with Gasteiger partial charge in [0, 0.05) is 24.2 Å². The van der Waals surface area contributed by atoms with Crippen molar-refractivity contribution in [2.45, 2.75) is 12.3 Å². The highest BCUT2D eigenvalue weighted by atomic mass is 19.1. The summed E-state index contributed by atoms with van der Waals surface area (Å²) in [4.78, 5) is 26.0. The molecule has 0 aliphatic carbocycles. The monoisotopic (exact) mass is 275 g/mol. The zero-order chi connectivity index (χ0) is 14.5. The summed E-state index contributed by atoms with van der Waals surface area (Å²) in [5.41, 5.74) is 1.54. The Morgan fingerprint density at radius 3 is 2.50 bits per heavy atom. The van der Waals surface area contributed by atoms with Gasteiger partial charge in [0.1, 0.15) is 5.82 Å². The van der Waals surface area contributed by atoms with Gasteiger partial charge < -0.3 is 9.72 Å². The molecule has 0 saturated carbocycles. The highest BCUT2D eigenvalue weighted by Gasteiger charge is 2.23. The number of ketones is 1. The quantitative estimate of drug-likeness (QED) is 0.673. The number of hydrogen-bond acceptors (Lipinski definition) is 3. The maximum Gasteiger partial charge on any atom is 0.374 e. The molecule has 0 bridgehead atoms. The lowest BCUT2D eigenvalue weighted by atomic mass is 9.91. The van der Waals surface area contributed by atoms with E-state index in [-0.39, 0.29) is 18.2 Å². The Hall–Kier alpha value is -2.43. The largest absolute Gasteiger partial charge is 0.463 e. The van der Waals surface area contributed by atoms with Gasteiger partial charge in [0.2, 0.25) is 5.78 Å². The first-order chi connectivity index (χ1) is 9.61. The number of nitrogens with one attached hydrogen (secondary N) is 1. The van der Waals surface area contributed by atoms with Gasteiger partial charge in [-0.1, -0.05) is 12.1 Å². The van der Waals surface area contributed by atoms with Crippen LogP contribution in [0.15, 0.2) is 42.6 Å². The maximum atomic E-state index is 13.0. The molecule has 0 unspecified atom stereocenters. The van der Waals surface area contributed by atoms with Crippen molar-refractivity contribution in [1.82, 2.24) is 4.98 Å². The van der Waals surface area contributed by atoms with Crippen molar-refractivity contribution in [3.63, 3.8) is 0 Å². The third-order valence-electron chi connectivity index (χ3n) is 3.07. The van der Waals surface area contributed by atoms with E-state index >= 15 is 0 Å². The molecule has 0 aliphatic rings. The zero-order valence-corrected chi connectivity index (χ0v) is 10.9. The number of methoxy groups -OCH3 is 1. The van der Waals surface area contributed by atoms with Crippen LogP contribution in [0.3, 0.4) is 0 Å². The molecule has 4 nitrogen and oxygen atoms in total. The Bertz CT molecular complexity index is 590. The molecular formula is C15H14FNO3. The van der Waals surface area contributed by atoms with Crippen LogP contribution in [0, 0.1) is 5.82 Å². The number of ether oxygens (including phenoxy) is 1. The molecule has 0 aliphatic heterocycles. The third kappa shape index (κ3) is 3.12. The summed E-state index contributed by atoms with van der Waals surface area (Å²) < 4.78 is 17.4. The number of Topliss-reactive ketones (excluding diaryl/α,β-unsaturated/α-hetero) is 1. The lowest BCUT2D eigenvalue weighted by Crippen LogP contribution is -2.19. The van der Waals surface area contributed by atoms with Crippen molar-refractivity contribution in [2.75, 3.05) is 7.11 Å². The van der Waals surface area contributed by atoms with Gasteiger partial charge in [-0.25, -0.2) is 9.18 Å². The average Bonchev–Trinajstić information content (AvgIpc) is 2.98. The Morgan fingerprint density at radius 2 is 1.95 bits per heavy atom. The normalized spacial score (nSPS) is 11.9. The van der Waals surface area contributed by atoms with Gasteiger partial charge in [-0.3, -0.25) is 4.79 Å². The van der Waals surface area contributed by atoms with Crippen LogP contribution in [0.1, 0.15) is 23.6 Å². The summed E-state index contributed by atoms with van der Waals surface area (Å²) in [5.74, 6) is -2.17. The molecule has 2 rings (SSSR count). The molecule has 0 saturated heterocycles. The van der Waals surface area contributed by atoms with Crippen LogP contribution in [-0.2, 0) is 14.3 Å². The van der Waals surface area contributed by atoms with E-state index < -0.39 is 11.8 Å². The van der Waals surface area contributed by atoms with Crippen LogP contribution in [0.25, 0.3) is 0 Å². The van der Waals surface area contributed by atoms with Crippen LogP contribution in [0.2, 0.25) is 0 Å². The standard InChI is InChI=1S/C15H14FNO3/c1-20-15(19)14(18)9-12(13-3-2-8-17-13)10-4-6-11(16)7-5-10/h2-8,12,17H,9H2,1H3/t12-/m0/s1. The number of aromatic amines is 1. The Labute approximate surface area is 115 Å². The Morgan fingerprint density at radius 1 is 1.25 bits per heavy atom. The summed E-state index contributed by atoms with van der Waals surface area (Å²) in [7, 11) is 1.17. The molecular weight excluding hydrogens is 261 g/mol. The van der Waals surface area contributed by atoms with Crippen molar-refractivity contribution in [3.05, 3.63) is 59.7 Å². The van der Waals surface area contributed by atoms with E-state index in [1.807, 2.05) is 6.07 Å². The minimum Gasteiger partial charge on any atom is -0.463 e. The number of H-pyrrole nitrogens is 1. The molecule has 1 atom stereocenters. The molecule has 20 heavy (non-hydrogen) atoms. The molecule has 0 fully saturated rings. The fourth-order valence-electron chi connectivity index (χ4n) is 2.05. The smallest absolute Gasteiger partial charge is 0.374 e. The maximum absolute atomic E-state index is 13.0. The second kappa shape index (κ2) is 6.14. The number of benzene rings is 1. The topological polar surface area (TPSA) is 59.2 Å². The van der Waals surface area contributed by atoms with Gasteiger partial charge in [-0.15, -0.1) is 0 Å². The van der Waals surface area contributed by atoms with Crippen molar-refractivity contribution >= 4 is 11.8 Å². The fraction of sp³-hybridized carbons (Fsp3) is 0.200. The molecule has 1 aromatic heterocycles. The molecule has 0 radical (unpaired) electrons. The highest BCUT2D eigenvalue weighted by Crippen LogP contribution is 2.27. The van der Waals surface area contributed by atoms with Gasteiger partial charge in [0.05, 0.1) is 7.11 Å². The van der Waals surface area contributed by atoms with Crippen LogP contribution in [0.4, 0.5) is 4.39 Å². The van der Waals surface area contributed by atoms with Crippen LogP contribution < -0.4 is 0 Å². The van der Waals surface area contributed by atoms with Gasteiger partial charge in [0.25, 0.3) is 0 Å². The van der Waals surface area contributed by atoms with E-state index in [4.69, 9.17) is 0 Å². The lowest BCUT2D eigenvalue weighted by molar-refractivity contribution is -0.151. The number of carbonyl (C=O) groups excluding carboxylic acids is 2. The van der Waals surface area contributed by atoms with Crippen molar-refractivity contribution in [2.24, 2.45) is 0 Å². The zero-order valence-electron chi connectivity index (χ0n) is 10.9. The summed E-state index contributed by atoms with van der Waals surface area (Å²) in [5, 5.41) is 0. The first-order valence-electron chi connectivity index (χ1n) is 6.11. The van der Waals surface area contributed by atoms with E-state index in [0.29, 0.717) is 0 Å². The van der Waals surface area contributed by atoms with Gasteiger partial charge in [0.15, 0.2) is 0 Å². The van der Waals surface area contributed by atoms with Crippen LogP contribution >= 0.6 is 0 Å². The number of halogens is 1. The highest BCUT2D eigenvalue weighted by molar-refractivity contribution is 6.33. The van der Waals surface area contributed by atoms with Gasteiger partial charge >= 0.3 is 5.97 Å². The molecule has 104 valence electrons. The van der Waals surface area contributed by atoms with E-state index in [9.17, 15) is 14.0 Å². The first kappa shape index (κ1) is 14.0. The molecule has 1 heterocycles. The number of hydrogen-bond donors (Lipinski definition) is 1. The minimum atomic E-state index is -0.872. The number of aromatic nitrogens is 1. The summed E-state index contributed by atoms with van der Waals surface area (Å²) >= 11 is 0. The van der Waals surface area contributed by atoms with E-state index in [2.05, 4.69) is 9.72 Å². The fourth-order valence-corrected chi connectivity index (χ4v) is 2.05. The van der Waals surface area contributed by atoms with E-state index in [1.165, 1.54) is 19.2 Å². The predicted octanol–water partition coefficient (Wildman–Crippen LogP) is 2.42. The number of carbonyl (C=O) groups is 2. The molecule has 2 aromatic rings. The molecule has 5 heteroatoms. The first-order valence-corrected chi connectivity index (χ1v) is 6.11. The van der Waals surface area contributed by atoms with Gasteiger partial charge in [-0.2, -0.15) is 0 Å². The van der Waals surface area contributed by atoms with Crippen molar-refractivity contribution < 1.29 is 18.7 Å². The lowest BCUT2D eigenvalue weighted by Gasteiger charge is -2.15. The van der Waals surface area contributed by atoms with Crippen LogP contribution in [-0.4, -0.2) is 23.8 Å². The molecule has 0 spiro atoms.